The zero-order valence-electron chi connectivity index (χ0n) is 12.5. The lowest BCUT2D eigenvalue weighted by Crippen LogP contribution is -2.32. The van der Waals surface area contributed by atoms with Crippen molar-refractivity contribution in [2.75, 3.05) is 13.2 Å². The molecule has 0 aromatic heterocycles. The van der Waals surface area contributed by atoms with E-state index in [0.29, 0.717) is 11.5 Å². The first-order valence-corrected chi connectivity index (χ1v) is 7.90. The fourth-order valence-electron chi connectivity index (χ4n) is 3.46. The molecule has 2 heteroatoms. The van der Waals surface area contributed by atoms with Crippen LogP contribution in [-0.4, -0.2) is 25.3 Å². The van der Waals surface area contributed by atoms with Gasteiger partial charge < -0.3 is 10.1 Å². The van der Waals surface area contributed by atoms with Gasteiger partial charge in [0.2, 0.25) is 0 Å². The van der Waals surface area contributed by atoms with Crippen molar-refractivity contribution in [2.24, 2.45) is 11.3 Å². The first kappa shape index (κ1) is 14.3. The molecule has 106 valence electrons. The molecule has 0 aromatic rings. The molecule has 0 bridgehead atoms. The minimum Gasteiger partial charge on any atom is -0.378 e. The van der Waals surface area contributed by atoms with Crippen LogP contribution in [0.25, 0.3) is 0 Å². The molecule has 0 aliphatic heterocycles. The van der Waals surface area contributed by atoms with Gasteiger partial charge >= 0.3 is 0 Å². The summed E-state index contributed by atoms with van der Waals surface area (Å²) in [7, 11) is 0. The van der Waals surface area contributed by atoms with Gasteiger partial charge in [-0.25, -0.2) is 0 Å². The lowest BCUT2D eigenvalue weighted by molar-refractivity contribution is -0.0239. The zero-order valence-corrected chi connectivity index (χ0v) is 12.5. The van der Waals surface area contributed by atoms with Gasteiger partial charge in [0.1, 0.15) is 0 Å². The van der Waals surface area contributed by atoms with Crippen LogP contribution in [0.3, 0.4) is 0 Å². The number of unbranched alkanes of at least 4 members (excludes halogenated alkanes) is 1. The summed E-state index contributed by atoms with van der Waals surface area (Å²) in [6, 6.07) is 0.853. The van der Waals surface area contributed by atoms with E-state index in [0.717, 1.165) is 18.6 Å². The first-order chi connectivity index (χ1) is 8.55. The number of nitrogens with one attached hydrogen (secondary N) is 1. The number of hydrogen-bond donors (Lipinski definition) is 1. The van der Waals surface area contributed by atoms with Crippen molar-refractivity contribution >= 4 is 0 Å². The highest BCUT2D eigenvalue weighted by molar-refractivity contribution is 4.83. The van der Waals surface area contributed by atoms with Gasteiger partial charge in [0.15, 0.2) is 0 Å². The average Bonchev–Trinajstić information content (AvgIpc) is 3.04. The Hall–Kier alpha value is -0.0800. The van der Waals surface area contributed by atoms with Crippen molar-refractivity contribution in [3.8, 4) is 0 Å². The molecule has 2 nitrogen and oxygen atoms in total. The predicted molar refractivity (Wildman–Crippen MR) is 76.8 cm³/mol. The first-order valence-electron chi connectivity index (χ1n) is 7.90. The zero-order chi connectivity index (χ0) is 13.0. The lowest BCUT2D eigenvalue weighted by atomic mass is 9.71. The van der Waals surface area contributed by atoms with E-state index in [9.17, 15) is 0 Å². The molecule has 2 rings (SSSR count). The molecule has 0 heterocycles. The van der Waals surface area contributed by atoms with E-state index in [-0.39, 0.29) is 0 Å². The second-order valence-electron chi connectivity index (χ2n) is 7.34. The van der Waals surface area contributed by atoms with Crippen LogP contribution in [0.1, 0.15) is 65.7 Å². The summed E-state index contributed by atoms with van der Waals surface area (Å²) in [5.41, 5.74) is 0.482. The van der Waals surface area contributed by atoms with Crippen LogP contribution >= 0.6 is 0 Å². The van der Waals surface area contributed by atoms with Crippen molar-refractivity contribution in [3.05, 3.63) is 0 Å². The van der Waals surface area contributed by atoms with E-state index in [4.69, 9.17) is 4.74 Å². The van der Waals surface area contributed by atoms with E-state index < -0.39 is 0 Å². The molecule has 2 unspecified atom stereocenters. The monoisotopic (exact) mass is 253 g/mol. The van der Waals surface area contributed by atoms with Gasteiger partial charge in [-0.3, -0.25) is 0 Å². The van der Waals surface area contributed by atoms with Gasteiger partial charge in [0, 0.05) is 12.6 Å². The molecule has 2 aliphatic carbocycles. The quantitative estimate of drug-likeness (QED) is 0.698. The van der Waals surface area contributed by atoms with Crippen LogP contribution in [0, 0.1) is 11.3 Å². The molecule has 0 amide bonds. The number of ether oxygens (including phenoxy) is 1. The third-order valence-electron chi connectivity index (χ3n) is 4.28. The summed E-state index contributed by atoms with van der Waals surface area (Å²) in [4.78, 5) is 0. The summed E-state index contributed by atoms with van der Waals surface area (Å²) in [5, 5.41) is 3.56. The van der Waals surface area contributed by atoms with Gasteiger partial charge in [-0.15, -0.1) is 0 Å². The van der Waals surface area contributed by atoms with E-state index in [1.165, 1.54) is 51.5 Å². The molecule has 2 fully saturated rings. The van der Waals surface area contributed by atoms with Gasteiger partial charge in [-0.05, 0) is 62.8 Å². The highest BCUT2D eigenvalue weighted by atomic mass is 16.5. The Bertz CT molecular complexity index is 247. The van der Waals surface area contributed by atoms with Gasteiger partial charge in [-0.1, -0.05) is 20.8 Å². The largest absolute Gasteiger partial charge is 0.378 e. The molecule has 0 spiro atoms. The topological polar surface area (TPSA) is 21.3 Å². The van der Waals surface area contributed by atoms with E-state index in [1.54, 1.807) is 0 Å². The molecule has 2 saturated carbocycles. The van der Waals surface area contributed by atoms with Crippen molar-refractivity contribution in [3.63, 3.8) is 0 Å². The Morgan fingerprint density at radius 1 is 1.17 bits per heavy atom. The lowest BCUT2D eigenvalue weighted by Gasteiger charge is -2.38. The van der Waals surface area contributed by atoms with E-state index in [2.05, 4.69) is 26.1 Å². The Labute approximate surface area is 113 Å². The second-order valence-corrected chi connectivity index (χ2v) is 7.34. The molecule has 0 aromatic carbocycles. The highest BCUT2D eigenvalue weighted by Crippen LogP contribution is 2.39. The van der Waals surface area contributed by atoms with Crippen LogP contribution in [0.5, 0.6) is 0 Å². The summed E-state index contributed by atoms with van der Waals surface area (Å²) >= 11 is 0. The molecule has 2 aliphatic rings. The van der Waals surface area contributed by atoms with Gasteiger partial charge in [0.05, 0.1) is 6.10 Å². The minimum absolute atomic E-state index is 0.482. The summed E-state index contributed by atoms with van der Waals surface area (Å²) in [6.07, 6.45) is 9.66. The molecule has 0 saturated heterocycles. The Balaban J connectivity index is 1.52. The Morgan fingerprint density at radius 2 is 1.94 bits per heavy atom. The molecule has 18 heavy (non-hydrogen) atoms. The molecular formula is C16H31NO. The van der Waals surface area contributed by atoms with Gasteiger partial charge in [0.25, 0.3) is 0 Å². The fraction of sp³-hybridized carbons (Fsp3) is 1.00. The maximum atomic E-state index is 6.08. The number of rotatable bonds is 7. The van der Waals surface area contributed by atoms with E-state index in [1.807, 2.05) is 0 Å². The molecule has 1 N–H and O–H groups in total. The van der Waals surface area contributed by atoms with Gasteiger partial charge in [-0.2, -0.15) is 0 Å². The summed E-state index contributed by atoms with van der Waals surface area (Å²) in [5.74, 6) is 0.829. The standard InChI is InChI=1S/C16H31NO/c1-13-10-15(12-16(2,3)11-13)18-9-5-4-8-17-14-6-7-14/h13-15,17H,4-12H2,1-3H3. The van der Waals surface area contributed by atoms with E-state index >= 15 is 0 Å². The smallest absolute Gasteiger partial charge is 0.0582 e. The summed E-state index contributed by atoms with van der Waals surface area (Å²) in [6.45, 7) is 9.29. The second kappa shape index (κ2) is 6.38. The fourth-order valence-corrected chi connectivity index (χ4v) is 3.46. The third-order valence-corrected chi connectivity index (χ3v) is 4.28. The van der Waals surface area contributed by atoms with Crippen LogP contribution in [0.2, 0.25) is 0 Å². The SMILES string of the molecule is CC1CC(OCCCCNC2CC2)CC(C)(C)C1. The molecule has 0 radical (unpaired) electrons. The Morgan fingerprint density at radius 3 is 2.61 bits per heavy atom. The maximum Gasteiger partial charge on any atom is 0.0582 e. The van der Waals surface area contributed by atoms with Crippen molar-refractivity contribution in [2.45, 2.75) is 77.9 Å². The third kappa shape index (κ3) is 5.27. The number of hydrogen-bond acceptors (Lipinski definition) is 2. The Kier molecular flexibility index (Phi) is 5.08. The van der Waals surface area contributed by atoms with Crippen LogP contribution in [0.15, 0.2) is 0 Å². The van der Waals surface area contributed by atoms with Crippen LogP contribution in [0.4, 0.5) is 0 Å². The van der Waals surface area contributed by atoms with Crippen molar-refractivity contribution in [1.29, 1.82) is 0 Å². The maximum absolute atomic E-state index is 6.08. The van der Waals surface area contributed by atoms with Crippen LogP contribution < -0.4 is 5.32 Å². The van der Waals surface area contributed by atoms with Crippen molar-refractivity contribution < 1.29 is 4.74 Å². The van der Waals surface area contributed by atoms with Crippen LogP contribution in [-0.2, 0) is 4.74 Å². The normalized spacial score (nSPS) is 31.5. The molecular weight excluding hydrogens is 222 g/mol. The predicted octanol–water partition coefficient (Wildman–Crippen LogP) is 3.75. The minimum atomic E-state index is 0.482. The summed E-state index contributed by atoms with van der Waals surface area (Å²) < 4.78 is 6.08. The van der Waals surface area contributed by atoms with Crippen molar-refractivity contribution in [1.82, 2.24) is 5.32 Å². The highest BCUT2D eigenvalue weighted by Gasteiger charge is 2.32. The average molecular weight is 253 g/mol. The molecule has 2 atom stereocenters.